The van der Waals surface area contributed by atoms with Gasteiger partial charge in [-0.05, 0) is 0 Å². The van der Waals surface area contributed by atoms with Crippen molar-refractivity contribution in [2.45, 2.75) is 5.75 Å². The van der Waals surface area contributed by atoms with Crippen molar-refractivity contribution >= 4 is 21.5 Å². The van der Waals surface area contributed by atoms with Crippen LogP contribution in [0.5, 0.6) is 0 Å². The molecular formula is C11H11NO3S2. The molecule has 1 heterocycles. The first-order valence-corrected chi connectivity index (χ1v) is 7.34. The second kappa shape index (κ2) is 4.95. The van der Waals surface area contributed by atoms with Crippen molar-refractivity contribution in [3.8, 4) is 11.3 Å². The Bertz CT molecular complexity index is 590. The minimum Gasteiger partial charge on any atom is -0.273 e. The molecular weight excluding hydrogens is 258 g/mol. The number of rotatable bonds is 4. The predicted molar refractivity (Wildman–Crippen MR) is 67.2 cm³/mol. The highest BCUT2D eigenvalue weighted by molar-refractivity contribution is 7.86. The monoisotopic (exact) mass is 269 g/mol. The molecule has 0 N–H and O–H groups in total. The lowest BCUT2D eigenvalue weighted by atomic mass is 10.2. The number of aromatic nitrogens is 1. The van der Waals surface area contributed by atoms with Crippen LogP contribution in [0.4, 0.5) is 0 Å². The summed E-state index contributed by atoms with van der Waals surface area (Å²) in [7, 11) is -2.34. The maximum absolute atomic E-state index is 11.3. The number of hydrogen-bond donors (Lipinski definition) is 0. The van der Waals surface area contributed by atoms with Gasteiger partial charge < -0.3 is 0 Å². The maximum atomic E-state index is 11.3. The molecule has 0 fully saturated rings. The van der Waals surface area contributed by atoms with Gasteiger partial charge in [0.25, 0.3) is 10.1 Å². The zero-order valence-electron chi connectivity index (χ0n) is 9.16. The molecule has 0 aliphatic carbocycles. The van der Waals surface area contributed by atoms with Gasteiger partial charge in [0.05, 0.1) is 12.8 Å². The van der Waals surface area contributed by atoms with E-state index in [1.807, 2.05) is 35.7 Å². The van der Waals surface area contributed by atoms with Crippen LogP contribution in [-0.4, -0.2) is 20.5 Å². The molecule has 90 valence electrons. The van der Waals surface area contributed by atoms with Crippen LogP contribution in [0.2, 0.25) is 0 Å². The second-order valence-corrected chi connectivity index (χ2v) is 6.04. The third-order valence-corrected chi connectivity index (χ3v) is 4.34. The highest BCUT2D eigenvalue weighted by Crippen LogP contribution is 2.22. The molecule has 0 saturated carbocycles. The first-order valence-electron chi connectivity index (χ1n) is 4.89. The summed E-state index contributed by atoms with van der Waals surface area (Å²) in [6.07, 6.45) is 0. The molecule has 0 saturated heterocycles. The number of benzene rings is 1. The summed E-state index contributed by atoms with van der Waals surface area (Å²) < 4.78 is 26.9. The fourth-order valence-electron chi connectivity index (χ4n) is 1.33. The molecule has 17 heavy (non-hydrogen) atoms. The van der Waals surface area contributed by atoms with Gasteiger partial charge in [-0.3, -0.25) is 4.18 Å². The van der Waals surface area contributed by atoms with Crippen molar-refractivity contribution in [3.05, 3.63) is 40.7 Å². The highest BCUT2D eigenvalue weighted by atomic mass is 32.2. The van der Waals surface area contributed by atoms with Crippen LogP contribution in [0.1, 0.15) is 5.01 Å². The summed E-state index contributed by atoms with van der Waals surface area (Å²) in [5.41, 5.74) is 1.77. The Balaban J connectivity index is 2.23. The summed E-state index contributed by atoms with van der Waals surface area (Å²) in [4.78, 5) is 4.27. The van der Waals surface area contributed by atoms with Crippen molar-refractivity contribution in [2.75, 3.05) is 7.11 Å². The van der Waals surface area contributed by atoms with Crippen molar-refractivity contribution < 1.29 is 12.6 Å². The standard InChI is InChI=1S/C11H11NO3S2/c1-15-17(13,14)8-11-12-10(7-16-11)9-5-3-2-4-6-9/h2-7H,8H2,1H3. The zero-order chi connectivity index (χ0) is 12.3. The van der Waals surface area contributed by atoms with Crippen molar-refractivity contribution in [1.82, 2.24) is 4.98 Å². The molecule has 2 rings (SSSR count). The summed E-state index contributed by atoms with van der Waals surface area (Å²) in [5, 5.41) is 2.38. The Morgan fingerprint density at radius 2 is 2.00 bits per heavy atom. The molecule has 0 unspecified atom stereocenters. The number of thiazole rings is 1. The molecule has 0 amide bonds. The van der Waals surface area contributed by atoms with Crippen LogP contribution < -0.4 is 0 Å². The van der Waals surface area contributed by atoms with E-state index in [1.165, 1.54) is 11.3 Å². The lowest BCUT2D eigenvalue weighted by molar-refractivity contribution is 0.397. The van der Waals surface area contributed by atoms with E-state index < -0.39 is 10.1 Å². The SMILES string of the molecule is COS(=O)(=O)Cc1nc(-c2ccccc2)cs1. The van der Waals surface area contributed by atoms with Gasteiger partial charge in [0.15, 0.2) is 0 Å². The number of nitrogens with zero attached hydrogens (tertiary/aromatic N) is 1. The maximum Gasteiger partial charge on any atom is 0.273 e. The van der Waals surface area contributed by atoms with Crippen LogP contribution in [0.15, 0.2) is 35.7 Å². The highest BCUT2D eigenvalue weighted by Gasteiger charge is 2.13. The van der Waals surface area contributed by atoms with Gasteiger partial charge in [-0.15, -0.1) is 11.3 Å². The third kappa shape index (κ3) is 3.12. The first-order chi connectivity index (χ1) is 8.11. The zero-order valence-corrected chi connectivity index (χ0v) is 10.8. The molecule has 1 aromatic heterocycles. The Hall–Kier alpha value is -1.24. The lowest BCUT2D eigenvalue weighted by Gasteiger charge is -1.97. The van der Waals surface area contributed by atoms with Crippen LogP contribution in [-0.2, 0) is 20.1 Å². The van der Waals surface area contributed by atoms with Gasteiger partial charge in [-0.1, -0.05) is 30.3 Å². The number of hydrogen-bond acceptors (Lipinski definition) is 5. The minimum absolute atomic E-state index is 0.180. The Morgan fingerprint density at radius 1 is 1.29 bits per heavy atom. The lowest BCUT2D eigenvalue weighted by Crippen LogP contribution is -2.05. The molecule has 0 spiro atoms. The van der Waals surface area contributed by atoms with Crippen LogP contribution >= 0.6 is 11.3 Å². The smallest absolute Gasteiger partial charge is 0.273 e. The summed E-state index contributed by atoms with van der Waals surface area (Å²) >= 11 is 1.32. The molecule has 6 heteroatoms. The van der Waals surface area contributed by atoms with Gasteiger partial charge in [0.1, 0.15) is 10.8 Å². The molecule has 2 aromatic rings. The summed E-state index contributed by atoms with van der Waals surface area (Å²) in [5.74, 6) is -0.180. The van der Waals surface area contributed by atoms with E-state index in [2.05, 4.69) is 9.17 Å². The molecule has 0 aliphatic rings. The molecule has 0 aliphatic heterocycles. The van der Waals surface area contributed by atoms with E-state index in [1.54, 1.807) is 0 Å². The fourth-order valence-corrected chi connectivity index (χ4v) is 3.11. The third-order valence-electron chi connectivity index (χ3n) is 2.18. The predicted octanol–water partition coefficient (Wildman–Crippen LogP) is 2.29. The summed E-state index contributed by atoms with van der Waals surface area (Å²) in [6.45, 7) is 0. The molecule has 0 atom stereocenters. The van der Waals surface area contributed by atoms with Crippen LogP contribution in [0.3, 0.4) is 0 Å². The van der Waals surface area contributed by atoms with Gasteiger partial charge in [0, 0.05) is 10.9 Å². The van der Waals surface area contributed by atoms with Gasteiger partial charge in [-0.25, -0.2) is 4.98 Å². The summed E-state index contributed by atoms with van der Waals surface area (Å²) in [6, 6.07) is 9.62. The van der Waals surface area contributed by atoms with Crippen molar-refractivity contribution in [1.29, 1.82) is 0 Å². The molecule has 0 bridgehead atoms. The van der Waals surface area contributed by atoms with Gasteiger partial charge >= 0.3 is 0 Å². The Morgan fingerprint density at radius 3 is 2.65 bits per heavy atom. The minimum atomic E-state index is -3.49. The van der Waals surface area contributed by atoms with E-state index in [0.717, 1.165) is 18.4 Å². The van der Waals surface area contributed by atoms with E-state index in [4.69, 9.17) is 0 Å². The normalized spacial score (nSPS) is 11.6. The van der Waals surface area contributed by atoms with Crippen molar-refractivity contribution in [2.24, 2.45) is 0 Å². The van der Waals surface area contributed by atoms with E-state index in [-0.39, 0.29) is 5.75 Å². The molecule has 4 nitrogen and oxygen atoms in total. The average molecular weight is 269 g/mol. The second-order valence-electron chi connectivity index (χ2n) is 3.36. The van der Waals surface area contributed by atoms with Crippen LogP contribution in [0, 0.1) is 0 Å². The van der Waals surface area contributed by atoms with Gasteiger partial charge in [-0.2, -0.15) is 8.42 Å². The quantitative estimate of drug-likeness (QED) is 0.799. The average Bonchev–Trinajstić information content (AvgIpc) is 2.78. The Labute approximate surface area is 104 Å². The topological polar surface area (TPSA) is 56.3 Å². The fraction of sp³-hybridized carbons (Fsp3) is 0.182. The van der Waals surface area contributed by atoms with E-state index in [0.29, 0.717) is 5.01 Å². The molecule has 0 radical (unpaired) electrons. The largest absolute Gasteiger partial charge is 0.273 e. The van der Waals surface area contributed by atoms with Crippen molar-refractivity contribution in [3.63, 3.8) is 0 Å². The molecule has 1 aromatic carbocycles. The van der Waals surface area contributed by atoms with E-state index >= 15 is 0 Å². The van der Waals surface area contributed by atoms with E-state index in [9.17, 15) is 8.42 Å². The Kier molecular flexibility index (Phi) is 3.56. The van der Waals surface area contributed by atoms with Crippen LogP contribution in [0.25, 0.3) is 11.3 Å². The first kappa shape index (κ1) is 12.2. The van der Waals surface area contributed by atoms with Gasteiger partial charge in [0.2, 0.25) is 0 Å².